The maximum atomic E-state index is 6.41. The number of nitrogens with two attached hydrogens (primary N) is 1. The lowest BCUT2D eigenvalue weighted by atomic mass is 9.67. The lowest BCUT2D eigenvalue weighted by molar-refractivity contribution is 0.0716. The highest BCUT2D eigenvalue weighted by Crippen LogP contribution is 2.41. The van der Waals surface area contributed by atoms with Crippen molar-refractivity contribution >= 4 is 0 Å². The molecule has 1 aliphatic carbocycles. The number of likely N-dealkylation sites (N-methyl/N-ethyl adjacent to an activating group) is 1. The molecule has 3 heteroatoms. The van der Waals surface area contributed by atoms with Gasteiger partial charge in [0.15, 0.2) is 0 Å². The third-order valence-corrected chi connectivity index (χ3v) is 5.57. The van der Waals surface area contributed by atoms with Crippen molar-refractivity contribution in [2.75, 3.05) is 34.2 Å². The molecule has 1 saturated carbocycles. The molecule has 3 atom stereocenters. The Balaban J connectivity index is 2.53. The van der Waals surface area contributed by atoms with Crippen molar-refractivity contribution in [2.45, 2.75) is 65.0 Å². The van der Waals surface area contributed by atoms with Crippen LogP contribution in [-0.2, 0) is 0 Å². The van der Waals surface area contributed by atoms with Gasteiger partial charge in [-0.1, -0.05) is 27.2 Å². The molecular weight excluding hydrogens is 246 g/mol. The van der Waals surface area contributed by atoms with E-state index in [2.05, 4.69) is 51.7 Å². The average Bonchev–Trinajstić information content (AvgIpc) is 2.38. The van der Waals surface area contributed by atoms with E-state index in [1.54, 1.807) is 0 Å². The quantitative estimate of drug-likeness (QED) is 0.780. The Bertz CT molecular complexity index is 275. The zero-order chi connectivity index (χ0) is 15.3. The monoisotopic (exact) mass is 283 g/mol. The lowest BCUT2D eigenvalue weighted by Crippen LogP contribution is -2.51. The molecule has 0 saturated heterocycles. The normalized spacial score (nSPS) is 28.4. The Morgan fingerprint density at radius 3 is 2.30 bits per heavy atom. The predicted molar refractivity (Wildman–Crippen MR) is 89.0 cm³/mol. The van der Waals surface area contributed by atoms with Crippen LogP contribution in [0.3, 0.4) is 0 Å². The second-order valence-electron chi connectivity index (χ2n) is 7.72. The first-order chi connectivity index (χ1) is 9.27. The highest BCUT2D eigenvalue weighted by Gasteiger charge is 2.37. The summed E-state index contributed by atoms with van der Waals surface area (Å²) in [6, 6.07) is 0.935. The zero-order valence-corrected chi connectivity index (χ0v) is 14.7. The van der Waals surface area contributed by atoms with Gasteiger partial charge in [-0.15, -0.1) is 0 Å². The second-order valence-corrected chi connectivity index (χ2v) is 7.72. The SMILES string of the molecule is CCC(C)(C)C1CCC(N)C(N(C)CCCN(C)C)C1. The molecular formula is C17H37N3. The van der Waals surface area contributed by atoms with E-state index in [1.807, 2.05) is 0 Å². The van der Waals surface area contributed by atoms with E-state index in [4.69, 9.17) is 5.73 Å². The van der Waals surface area contributed by atoms with Gasteiger partial charge >= 0.3 is 0 Å². The summed E-state index contributed by atoms with van der Waals surface area (Å²) >= 11 is 0. The average molecular weight is 284 g/mol. The van der Waals surface area contributed by atoms with Crippen LogP contribution >= 0.6 is 0 Å². The Morgan fingerprint density at radius 2 is 1.75 bits per heavy atom. The largest absolute Gasteiger partial charge is 0.326 e. The van der Waals surface area contributed by atoms with Gasteiger partial charge in [-0.3, -0.25) is 0 Å². The Morgan fingerprint density at radius 1 is 1.10 bits per heavy atom. The molecule has 0 aromatic heterocycles. The van der Waals surface area contributed by atoms with Crippen molar-refractivity contribution in [1.29, 1.82) is 0 Å². The Kier molecular flexibility index (Phi) is 6.96. The van der Waals surface area contributed by atoms with Crippen LogP contribution in [0.5, 0.6) is 0 Å². The zero-order valence-electron chi connectivity index (χ0n) is 14.7. The molecule has 0 amide bonds. The van der Waals surface area contributed by atoms with E-state index < -0.39 is 0 Å². The highest BCUT2D eigenvalue weighted by molar-refractivity contribution is 4.92. The van der Waals surface area contributed by atoms with Crippen LogP contribution in [0.25, 0.3) is 0 Å². The molecule has 2 N–H and O–H groups in total. The molecule has 0 heterocycles. The van der Waals surface area contributed by atoms with Gasteiger partial charge in [0.25, 0.3) is 0 Å². The van der Waals surface area contributed by atoms with Gasteiger partial charge in [-0.05, 0) is 71.2 Å². The molecule has 0 aliphatic heterocycles. The fourth-order valence-electron chi connectivity index (χ4n) is 3.48. The number of rotatable bonds is 7. The first-order valence-electron chi connectivity index (χ1n) is 8.38. The van der Waals surface area contributed by atoms with Crippen LogP contribution in [0.1, 0.15) is 52.9 Å². The maximum Gasteiger partial charge on any atom is 0.0246 e. The van der Waals surface area contributed by atoms with E-state index in [-0.39, 0.29) is 0 Å². The molecule has 1 aliphatic rings. The van der Waals surface area contributed by atoms with Crippen LogP contribution in [0, 0.1) is 11.3 Å². The van der Waals surface area contributed by atoms with Crippen LogP contribution in [0.2, 0.25) is 0 Å². The van der Waals surface area contributed by atoms with Crippen molar-refractivity contribution in [3.63, 3.8) is 0 Å². The number of hydrogen-bond donors (Lipinski definition) is 1. The van der Waals surface area contributed by atoms with E-state index in [0.29, 0.717) is 17.5 Å². The standard InChI is InChI=1S/C17H37N3/c1-7-17(2,3)14-9-10-15(18)16(13-14)20(6)12-8-11-19(4)5/h14-16H,7-13,18H2,1-6H3. The molecule has 1 rings (SSSR count). The van der Waals surface area contributed by atoms with E-state index in [0.717, 1.165) is 19.0 Å². The first-order valence-corrected chi connectivity index (χ1v) is 8.38. The number of hydrogen-bond acceptors (Lipinski definition) is 3. The maximum absolute atomic E-state index is 6.41. The summed E-state index contributed by atoms with van der Waals surface area (Å²) in [7, 11) is 6.56. The minimum Gasteiger partial charge on any atom is -0.326 e. The number of nitrogens with zero attached hydrogens (tertiary/aromatic N) is 2. The molecule has 1 fully saturated rings. The first kappa shape index (κ1) is 17.9. The molecule has 0 bridgehead atoms. The molecule has 3 unspecified atom stereocenters. The minimum absolute atomic E-state index is 0.364. The molecule has 0 radical (unpaired) electrons. The summed E-state index contributed by atoms with van der Waals surface area (Å²) in [5.74, 6) is 0.827. The lowest BCUT2D eigenvalue weighted by Gasteiger charge is -2.45. The van der Waals surface area contributed by atoms with Crippen LogP contribution in [0.4, 0.5) is 0 Å². The molecule has 20 heavy (non-hydrogen) atoms. The molecule has 0 aromatic rings. The van der Waals surface area contributed by atoms with E-state index >= 15 is 0 Å². The van der Waals surface area contributed by atoms with Crippen LogP contribution in [-0.4, -0.2) is 56.1 Å². The Labute approximate surface area is 126 Å². The molecule has 0 spiro atoms. The molecule has 120 valence electrons. The van der Waals surface area contributed by atoms with Gasteiger partial charge < -0.3 is 15.5 Å². The van der Waals surface area contributed by atoms with Crippen LogP contribution < -0.4 is 5.73 Å². The van der Waals surface area contributed by atoms with Crippen molar-refractivity contribution in [3.05, 3.63) is 0 Å². The minimum atomic E-state index is 0.364. The smallest absolute Gasteiger partial charge is 0.0246 e. The topological polar surface area (TPSA) is 32.5 Å². The third kappa shape index (κ3) is 5.01. The van der Waals surface area contributed by atoms with Crippen molar-refractivity contribution in [1.82, 2.24) is 9.80 Å². The summed E-state index contributed by atoms with van der Waals surface area (Å²) in [4.78, 5) is 4.78. The van der Waals surface area contributed by atoms with Gasteiger partial charge in [0.05, 0.1) is 0 Å². The predicted octanol–water partition coefficient (Wildman–Crippen LogP) is 2.80. The Hall–Kier alpha value is -0.120. The molecule has 3 nitrogen and oxygen atoms in total. The summed E-state index contributed by atoms with van der Waals surface area (Å²) in [6.45, 7) is 9.51. The van der Waals surface area contributed by atoms with Crippen LogP contribution in [0.15, 0.2) is 0 Å². The fourth-order valence-corrected chi connectivity index (χ4v) is 3.48. The summed E-state index contributed by atoms with van der Waals surface area (Å²) in [6.07, 6.45) is 6.28. The summed E-state index contributed by atoms with van der Waals surface area (Å²) < 4.78 is 0. The highest BCUT2D eigenvalue weighted by atomic mass is 15.2. The van der Waals surface area contributed by atoms with Gasteiger partial charge in [-0.25, -0.2) is 0 Å². The fraction of sp³-hybridized carbons (Fsp3) is 1.00. The molecule has 0 aromatic carbocycles. The van der Waals surface area contributed by atoms with Gasteiger partial charge in [0.2, 0.25) is 0 Å². The van der Waals surface area contributed by atoms with E-state index in [1.165, 1.54) is 32.1 Å². The van der Waals surface area contributed by atoms with Gasteiger partial charge in [0.1, 0.15) is 0 Å². The third-order valence-electron chi connectivity index (χ3n) is 5.57. The second kappa shape index (κ2) is 7.77. The van der Waals surface area contributed by atoms with Gasteiger partial charge in [0, 0.05) is 12.1 Å². The van der Waals surface area contributed by atoms with Crippen molar-refractivity contribution < 1.29 is 0 Å². The van der Waals surface area contributed by atoms with Crippen molar-refractivity contribution in [3.8, 4) is 0 Å². The van der Waals surface area contributed by atoms with E-state index in [9.17, 15) is 0 Å². The van der Waals surface area contributed by atoms with Crippen molar-refractivity contribution in [2.24, 2.45) is 17.1 Å². The summed E-state index contributed by atoms with van der Waals surface area (Å²) in [5.41, 5.74) is 6.87. The summed E-state index contributed by atoms with van der Waals surface area (Å²) in [5, 5.41) is 0. The van der Waals surface area contributed by atoms with Gasteiger partial charge in [-0.2, -0.15) is 0 Å².